The van der Waals surface area contributed by atoms with Gasteiger partial charge in [-0.05, 0) is 56.4 Å². The Labute approximate surface area is 198 Å². The maximum absolute atomic E-state index is 13.5. The van der Waals surface area contributed by atoms with E-state index in [-0.39, 0.29) is 29.8 Å². The van der Waals surface area contributed by atoms with Crippen LogP contribution in [0.3, 0.4) is 0 Å². The smallest absolute Gasteiger partial charge is 0.357 e. The van der Waals surface area contributed by atoms with Crippen molar-refractivity contribution in [2.75, 3.05) is 17.2 Å². The minimum Gasteiger partial charge on any atom is -0.461 e. The molecule has 0 radical (unpaired) electrons. The van der Waals surface area contributed by atoms with E-state index in [1.165, 1.54) is 35.3 Å². The van der Waals surface area contributed by atoms with Crippen LogP contribution in [0, 0.1) is 5.82 Å². The monoisotopic (exact) mass is 491 g/mol. The molecule has 2 N–H and O–H groups in total. The molecule has 0 fully saturated rings. The topological polar surface area (TPSA) is 89.4 Å². The summed E-state index contributed by atoms with van der Waals surface area (Å²) in [6.07, 6.45) is 3.85. The van der Waals surface area contributed by atoms with Crippen molar-refractivity contribution in [1.29, 1.82) is 0 Å². The molecule has 1 aliphatic rings. The lowest BCUT2D eigenvalue weighted by Crippen LogP contribution is -2.23. The number of anilines is 2. The Balaban J connectivity index is 1.80. The summed E-state index contributed by atoms with van der Waals surface area (Å²) < 4.78 is 20.3. The third-order valence-corrected chi connectivity index (χ3v) is 7.03. The molecule has 0 saturated carbocycles. The predicted molar refractivity (Wildman–Crippen MR) is 127 cm³/mol. The number of carbonyl (C=O) groups excluding carboxylic acids is 3. The number of aromatic nitrogens is 1. The lowest BCUT2D eigenvalue weighted by Gasteiger charge is -2.14. The molecule has 1 aromatic carbocycles. The highest BCUT2D eigenvalue weighted by Gasteiger charge is 2.31. The zero-order valence-electron chi connectivity index (χ0n) is 18.2. The van der Waals surface area contributed by atoms with Gasteiger partial charge in [0.2, 0.25) is 11.8 Å². The second-order valence-corrected chi connectivity index (χ2v) is 9.27. The number of benzene rings is 1. The van der Waals surface area contributed by atoms with Crippen molar-refractivity contribution >= 4 is 62.3 Å². The highest BCUT2D eigenvalue weighted by atomic mass is 35.5. The van der Waals surface area contributed by atoms with Crippen LogP contribution in [-0.4, -0.2) is 29.0 Å². The van der Waals surface area contributed by atoms with E-state index in [2.05, 4.69) is 10.6 Å². The molecule has 174 valence electrons. The summed E-state index contributed by atoms with van der Waals surface area (Å²) in [6.45, 7) is 3.02. The zero-order chi connectivity index (χ0) is 23.7. The summed E-state index contributed by atoms with van der Waals surface area (Å²) in [5.41, 5.74) is 1.96. The van der Waals surface area contributed by atoms with Gasteiger partial charge in [-0.1, -0.05) is 11.6 Å². The highest BCUT2D eigenvalue weighted by molar-refractivity contribution is 7.19. The minimum atomic E-state index is -0.619. The summed E-state index contributed by atoms with van der Waals surface area (Å²) in [4.78, 5) is 39.8. The van der Waals surface area contributed by atoms with Gasteiger partial charge in [0.25, 0.3) is 0 Å². The normalized spacial score (nSPS) is 13.0. The first-order valence-corrected chi connectivity index (χ1v) is 11.9. The molecule has 2 heterocycles. The molecule has 0 atom stereocenters. The van der Waals surface area contributed by atoms with E-state index in [1.54, 1.807) is 11.5 Å². The van der Waals surface area contributed by atoms with Crippen LogP contribution in [-0.2, 0) is 33.7 Å². The number of nitrogens with one attached hydrogen (secondary N) is 2. The van der Waals surface area contributed by atoms with E-state index in [0.29, 0.717) is 11.4 Å². The van der Waals surface area contributed by atoms with Crippen LogP contribution < -0.4 is 10.6 Å². The molecule has 0 aliphatic heterocycles. The Hall–Kier alpha value is -2.91. The minimum absolute atomic E-state index is 0.109. The maximum atomic E-state index is 13.5. The van der Waals surface area contributed by atoms with Crippen LogP contribution in [0.2, 0.25) is 5.02 Å². The van der Waals surface area contributed by atoms with E-state index in [4.69, 9.17) is 16.3 Å². The lowest BCUT2D eigenvalue weighted by molar-refractivity contribution is -0.116. The van der Waals surface area contributed by atoms with E-state index >= 15 is 0 Å². The number of amides is 2. The summed E-state index contributed by atoms with van der Waals surface area (Å²) in [7, 11) is 0. The van der Waals surface area contributed by atoms with Gasteiger partial charge in [-0.2, -0.15) is 0 Å². The van der Waals surface area contributed by atoms with Crippen molar-refractivity contribution in [3.63, 3.8) is 0 Å². The van der Waals surface area contributed by atoms with Gasteiger partial charge in [0, 0.05) is 22.9 Å². The van der Waals surface area contributed by atoms with Crippen molar-refractivity contribution < 1.29 is 23.5 Å². The second-order valence-electron chi connectivity index (χ2n) is 7.78. The van der Waals surface area contributed by atoms with Gasteiger partial charge in [0.1, 0.15) is 17.2 Å². The number of halogens is 2. The van der Waals surface area contributed by atoms with Crippen LogP contribution >= 0.6 is 22.9 Å². The van der Waals surface area contributed by atoms with Gasteiger partial charge in [-0.25, -0.2) is 9.18 Å². The first-order chi connectivity index (χ1) is 15.8. The molecule has 1 aliphatic carbocycles. The van der Waals surface area contributed by atoms with Gasteiger partial charge in [-0.15, -0.1) is 11.3 Å². The fraction of sp³-hybridized carbons (Fsp3) is 0.348. The number of hydrogen-bond donors (Lipinski definition) is 2. The average molecular weight is 492 g/mol. The molecular weight excluding hydrogens is 469 g/mol. The van der Waals surface area contributed by atoms with Crippen molar-refractivity contribution in [1.82, 2.24) is 4.57 Å². The molecule has 33 heavy (non-hydrogen) atoms. The quantitative estimate of drug-likeness (QED) is 0.467. The van der Waals surface area contributed by atoms with Crippen LogP contribution in [0.1, 0.15) is 47.6 Å². The molecule has 0 saturated heterocycles. The molecule has 3 aromatic rings. The standard InChI is InChI=1S/C23H23ClFN3O4S/c1-3-32-23(31)21-20(26-12(2)29)19-14-6-4-5-7-17(14)33-22(19)28(21)11-18(30)27-13-8-9-16(25)15(24)10-13/h8-10H,3-7,11H2,1-2H3,(H,26,29)(H,27,30). The second kappa shape index (κ2) is 9.52. The SMILES string of the molecule is CCOC(=O)c1c(NC(C)=O)c2c3c(sc2n1CC(=O)Nc1ccc(F)c(Cl)c1)CCCC3. The number of thiophene rings is 1. The largest absolute Gasteiger partial charge is 0.461 e. The molecule has 2 amide bonds. The zero-order valence-corrected chi connectivity index (χ0v) is 19.8. The third kappa shape index (κ3) is 4.60. The first kappa shape index (κ1) is 23.3. The fourth-order valence-corrected chi connectivity index (χ4v) is 5.71. The average Bonchev–Trinajstić information content (AvgIpc) is 3.26. The van der Waals surface area contributed by atoms with Gasteiger partial charge < -0.3 is 19.9 Å². The van der Waals surface area contributed by atoms with Crippen LogP contribution in [0.4, 0.5) is 15.8 Å². The van der Waals surface area contributed by atoms with Crippen LogP contribution in [0.25, 0.3) is 10.2 Å². The third-order valence-electron chi connectivity index (χ3n) is 5.43. The number of rotatable bonds is 6. The summed E-state index contributed by atoms with van der Waals surface area (Å²) in [6, 6.07) is 3.89. The van der Waals surface area contributed by atoms with E-state index in [1.807, 2.05) is 0 Å². The Morgan fingerprint density at radius 2 is 1.97 bits per heavy atom. The van der Waals surface area contributed by atoms with E-state index < -0.39 is 17.7 Å². The number of ether oxygens (including phenoxy) is 1. The Kier molecular flexibility index (Phi) is 6.71. The summed E-state index contributed by atoms with van der Waals surface area (Å²) >= 11 is 7.35. The van der Waals surface area contributed by atoms with Crippen molar-refractivity contribution in [2.45, 2.75) is 46.1 Å². The van der Waals surface area contributed by atoms with Gasteiger partial charge in [-0.3, -0.25) is 9.59 Å². The Morgan fingerprint density at radius 1 is 1.21 bits per heavy atom. The number of aryl methyl sites for hydroxylation is 2. The van der Waals surface area contributed by atoms with Crippen molar-refractivity contribution in [2.24, 2.45) is 0 Å². The van der Waals surface area contributed by atoms with Crippen LogP contribution in [0.5, 0.6) is 0 Å². The number of fused-ring (bicyclic) bond motifs is 3. The Bertz CT molecular complexity index is 1270. The molecule has 4 rings (SSSR count). The van der Waals surface area contributed by atoms with E-state index in [0.717, 1.165) is 47.5 Å². The summed E-state index contributed by atoms with van der Waals surface area (Å²) in [5, 5.41) is 6.18. The fourth-order valence-electron chi connectivity index (χ4n) is 4.13. The van der Waals surface area contributed by atoms with Gasteiger partial charge in [0.15, 0.2) is 5.69 Å². The van der Waals surface area contributed by atoms with Crippen LogP contribution in [0.15, 0.2) is 18.2 Å². The van der Waals surface area contributed by atoms with Gasteiger partial charge >= 0.3 is 5.97 Å². The molecule has 0 bridgehead atoms. The number of carbonyl (C=O) groups is 3. The molecule has 10 heteroatoms. The number of hydrogen-bond acceptors (Lipinski definition) is 5. The molecule has 0 unspecified atom stereocenters. The van der Waals surface area contributed by atoms with Crippen molar-refractivity contribution in [3.8, 4) is 0 Å². The van der Waals surface area contributed by atoms with Crippen molar-refractivity contribution in [3.05, 3.63) is 45.2 Å². The summed E-state index contributed by atoms with van der Waals surface area (Å²) in [5.74, 6) is -1.95. The van der Waals surface area contributed by atoms with E-state index in [9.17, 15) is 18.8 Å². The molecule has 0 spiro atoms. The lowest BCUT2D eigenvalue weighted by atomic mass is 9.96. The van der Waals surface area contributed by atoms with Gasteiger partial charge in [0.05, 0.1) is 17.3 Å². The highest BCUT2D eigenvalue weighted by Crippen LogP contribution is 2.44. The predicted octanol–water partition coefficient (Wildman–Crippen LogP) is 5.15. The molecule has 2 aromatic heterocycles. The number of esters is 1. The number of nitrogens with zero attached hydrogens (tertiary/aromatic N) is 1. The first-order valence-electron chi connectivity index (χ1n) is 10.7. The maximum Gasteiger partial charge on any atom is 0.357 e. The molecule has 7 nitrogen and oxygen atoms in total. The molecular formula is C23H23ClFN3O4S. The Morgan fingerprint density at radius 3 is 2.67 bits per heavy atom.